The van der Waals surface area contributed by atoms with Gasteiger partial charge in [0.15, 0.2) is 5.96 Å². The molecule has 0 radical (unpaired) electrons. The van der Waals surface area contributed by atoms with Gasteiger partial charge in [-0.2, -0.15) is 0 Å². The van der Waals surface area contributed by atoms with Crippen LogP contribution in [-0.4, -0.2) is 133 Å². The van der Waals surface area contributed by atoms with E-state index in [1.807, 2.05) is 26.8 Å². The van der Waals surface area contributed by atoms with Gasteiger partial charge in [-0.1, -0.05) is 76.1 Å². The van der Waals surface area contributed by atoms with Crippen LogP contribution in [-0.2, 0) is 51.2 Å². The summed E-state index contributed by atoms with van der Waals surface area (Å²) >= 11 is 0. The Balaban J connectivity index is 2.28. The van der Waals surface area contributed by atoms with Gasteiger partial charge in [0.2, 0.25) is 47.3 Å². The van der Waals surface area contributed by atoms with Crippen LogP contribution in [0.15, 0.2) is 59.6 Å². The highest BCUT2D eigenvalue weighted by atomic mass is 16.3. The molecule has 68 heavy (non-hydrogen) atoms. The number of unbranched alkanes of at least 4 members (excludes halogenated alkanes) is 1. The van der Waals surface area contributed by atoms with E-state index >= 15 is 0 Å². The summed E-state index contributed by atoms with van der Waals surface area (Å²) in [6, 6.07) is 8.54. The fourth-order valence-electron chi connectivity index (χ4n) is 7.01. The van der Waals surface area contributed by atoms with Gasteiger partial charge in [0.05, 0.1) is 19.1 Å². The third-order valence-corrected chi connectivity index (χ3v) is 10.7. The van der Waals surface area contributed by atoms with Crippen LogP contribution in [0.3, 0.4) is 0 Å². The van der Waals surface area contributed by atoms with Crippen LogP contribution in [0.5, 0.6) is 5.75 Å². The minimum Gasteiger partial charge on any atom is -0.508 e. The van der Waals surface area contributed by atoms with Crippen LogP contribution in [0.1, 0.15) is 83.3 Å². The quantitative estimate of drug-likeness (QED) is 0.0222. The number of nitrogens with zero attached hydrogens (tertiary/aromatic N) is 2. The first-order chi connectivity index (χ1) is 32.2. The second-order valence-corrected chi connectivity index (χ2v) is 17.0. The van der Waals surface area contributed by atoms with Crippen molar-refractivity contribution in [2.45, 2.75) is 121 Å². The number of amides is 8. The van der Waals surface area contributed by atoms with E-state index in [-0.39, 0.29) is 75.7 Å². The van der Waals surface area contributed by atoms with E-state index in [1.165, 1.54) is 24.1 Å². The zero-order valence-electron chi connectivity index (χ0n) is 39.6. The zero-order chi connectivity index (χ0) is 50.8. The second kappa shape index (κ2) is 30.5. The molecule has 0 saturated carbocycles. The van der Waals surface area contributed by atoms with Crippen molar-refractivity contribution < 1.29 is 43.5 Å². The number of nitrogens with one attached hydrogen (secondary N) is 6. The Bertz CT molecular complexity index is 1980. The summed E-state index contributed by atoms with van der Waals surface area (Å²) in [4.78, 5) is 112. The predicted octanol–water partition coefficient (Wildman–Crippen LogP) is -1.98. The smallest absolute Gasteiger partial charge is 0.245 e. The minimum absolute atomic E-state index is 0.0596. The molecule has 0 fully saturated rings. The summed E-state index contributed by atoms with van der Waals surface area (Å²) in [6.07, 6.45) is 2.49. The van der Waals surface area contributed by atoms with Gasteiger partial charge in [-0.15, -0.1) is 0 Å². The van der Waals surface area contributed by atoms with E-state index < -0.39 is 96.6 Å². The molecule has 2 aromatic carbocycles. The summed E-state index contributed by atoms with van der Waals surface area (Å²) in [5, 5.41) is 25.3. The van der Waals surface area contributed by atoms with E-state index in [1.54, 1.807) is 36.4 Å². The summed E-state index contributed by atoms with van der Waals surface area (Å²) in [6.45, 7) is 4.91. The fourth-order valence-corrected chi connectivity index (χ4v) is 7.01. The van der Waals surface area contributed by atoms with Crippen LogP contribution in [0.2, 0.25) is 0 Å². The number of hydrogen-bond donors (Lipinski definition) is 12. The molecular weight excluding hydrogens is 879 g/mol. The van der Waals surface area contributed by atoms with E-state index in [0.29, 0.717) is 24.8 Å². The van der Waals surface area contributed by atoms with Crippen molar-refractivity contribution in [3.63, 3.8) is 0 Å². The van der Waals surface area contributed by atoms with Crippen LogP contribution in [0, 0.1) is 5.92 Å². The number of primary amides is 1. The Morgan fingerprint density at radius 1 is 0.662 bits per heavy atom. The fraction of sp³-hybridized carbons (Fsp3) is 0.543. The van der Waals surface area contributed by atoms with Gasteiger partial charge in [0.1, 0.15) is 36.0 Å². The van der Waals surface area contributed by atoms with Crippen molar-refractivity contribution in [1.82, 2.24) is 36.8 Å². The van der Waals surface area contributed by atoms with Crippen molar-refractivity contribution in [1.29, 1.82) is 0 Å². The maximum absolute atomic E-state index is 14.4. The molecule has 2 aromatic rings. The van der Waals surface area contributed by atoms with Crippen molar-refractivity contribution in [3.05, 3.63) is 65.7 Å². The number of carbonyl (C=O) groups excluding carboxylic acids is 8. The van der Waals surface area contributed by atoms with Gasteiger partial charge in [0.25, 0.3) is 0 Å². The monoisotopic (exact) mass is 952 g/mol. The van der Waals surface area contributed by atoms with Gasteiger partial charge >= 0.3 is 0 Å². The molecule has 0 aliphatic rings. The Hall–Kier alpha value is -6.81. The van der Waals surface area contributed by atoms with Crippen LogP contribution >= 0.6 is 0 Å². The van der Waals surface area contributed by atoms with E-state index in [0.717, 1.165) is 5.56 Å². The SMILES string of the molecule is CCCC[C@H](NC(=O)[C@H](CC(C)C)N(C)C(=O)[C@H](Cc1ccccc1)NC(=O)[C@@H](N)Cc1ccc(O)cc1)C(=O)N[C@@H](CCCN)C(=O)NCC(=O)N[C@@H](CCCN=C(N)N)C(=O)NCC(N)=O. The molecule has 6 atom stereocenters. The molecule has 376 valence electrons. The number of aromatic hydroxyl groups is 1. The molecule has 22 heteroatoms. The summed E-state index contributed by atoms with van der Waals surface area (Å²) in [7, 11) is 1.46. The van der Waals surface area contributed by atoms with Crippen molar-refractivity contribution in [2.24, 2.45) is 39.6 Å². The highest BCUT2D eigenvalue weighted by Crippen LogP contribution is 2.17. The molecular formula is C46H73N13O9. The average Bonchev–Trinajstić information content (AvgIpc) is 3.30. The number of likely N-dealkylation sites (N-methyl/N-ethyl adjacent to an activating group) is 1. The molecule has 17 N–H and O–H groups in total. The Kier molecular flexibility index (Phi) is 25.7. The summed E-state index contributed by atoms with van der Waals surface area (Å²) < 4.78 is 0. The molecule has 22 nitrogen and oxygen atoms in total. The molecule has 0 bridgehead atoms. The molecule has 0 aliphatic heterocycles. The van der Waals surface area contributed by atoms with Crippen molar-refractivity contribution in [2.75, 3.05) is 33.2 Å². The summed E-state index contributed by atoms with van der Waals surface area (Å²) in [5.74, 6) is -5.67. The first-order valence-corrected chi connectivity index (χ1v) is 22.9. The molecule has 0 heterocycles. The number of phenols is 1. The van der Waals surface area contributed by atoms with Crippen LogP contribution < -0.4 is 60.6 Å². The molecule has 0 spiro atoms. The van der Waals surface area contributed by atoms with E-state index in [2.05, 4.69) is 36.9 Å². The van der Waals surface area contributed by atoms with Gasteiger partial charge in [-0.25, -0.2) is 0 Å². The standard InChI is InChI=1S/C46H73N13O9/c1-5-6-14-35(43(66)56-34(15-10-21-47)42(65)54-27-39(62)55-33(16-11-22-52-46(50)51)41(64)53-26-38(49)61)57-44(67)37(23-28(2)3)59(4)45(68)36(25-29-12-8-7-9-13-29)58-40(63)32(48)24-30-17-19-31(60)20-18-30/h7-9,12-13,17-20,28,32-37,60H,5-6,10-11,14-16,21-27,47-48H2,1-4H3,(H2,49,61)(H,53,64)(H,54,65)(H,55,62)(H,56,66)(H,57,67)(H,58,63)(H4,50,51,52)/t32-,33-,34-,35-,36-,37-/m0/s1. The first kappa shape index (κ1) is 57.3. The maximum Gasteiger partial charge on any atom is 0.245 e. The lowest BCUT2D eigenvalue weighted by Crippen LogP contribution is -2.59. The number of hydrogen-bond acceptors (Lipinski definition) is 12. The summed E-state index contributed by atoms with van der Waals surface area (Å²) in [5.41, 5.74) is 29.4. The van der Waals surface area contributed by atoms with E-state index in [9.17, 15) is 43.5 Å². The minimum atomic E-state index is -1.19. The number of guanidine groups is 1. The number of benzene rings is 2. The van der Waals surface area contributed by atoms with Gasteiger partial charge in [-0.05, 0) is 80.7 Å². The van der Waals surface area contributed by atoms with Gasteiger partial charge in [-0.3, -0.25) is 43.3 Å². The Morgan fingerprint density at radius 3 is 1.79 bits per heavy atom. The number of aliphatic imine (C=N–C) groups is 1. The number of rotatable bonds is 31. The van der Waals surface area contributed by atoms with Gasteiger partial charge < -0.3 is 70.6 Å². The highest BCUT2D eigenvalue weighted by molar-refractivity contribution is 5.97. The highest BCUT2D eigenvalue weighted by Gasteiger charge is 2.36. The molecule has 8 amide bonds. The van der Waals surface area contributed by atoms with Gasteiger partial charge in [0, 0.05) is 20.0 Å². The van der Waals surface area contributed by atoms with E-state index in [4.69, 9.17) is 28.7 Å². The van der Waals surface area contributed by atoms with Crippen molar-refractivity contribution >= 4 is 53.2 Å². The lowest BCUT2D eigenvalue weighted by atomic mass is 9.98. The molecule has 2 rings (SSSR count). The topological polar surface area (TPSA) is 375 Å². The molecule has 0 unspecified atom stereocenters. The largest absolute Gasteiger partial charge is 0.508 e. The average molecular weight is 952 g/mol. The zero-order valence-corrected chi connectivity index (χ0v) is 39.6. The number of phenolic OH excluding ortho intramolecular Hbond substituents is 1. The lowest BCUT2D eigenvalue weighted by Gasteiger charge is -2.33. The van der Waals surface area contributed by atoms with Crippen molar-refractivity contribution in [3.8, 4) is 5.75 Å². The van der Waals surface area contributed by atoms with Crippen LogP contribution in [0.4, 0.5) is 0 Å². The number of carbonyl (C=O) groups is 8. The second-order valence-electron chi connectivity index (χ2n) is 17.0. The Morgan fingerprint density at radius 2 is 1.21 bits per heavy atom. The lowest BCUT2D eigenvalue weighted by molar-refractivity contribution is -0.143. The molecule has 0 saturated heterocycles. The number of nitrogens with two attached hydrogens (primary N) is 5. The maximum atomic E-state index is 14.4. The first-order valence-electron chi connectivity index (χ1n) is 22.9. The normalized spacial score (nSPS) is 13.6. The molecule has 0 aromatic heterocycles. The third kappa shape index (κ3) is 21.7. The molecule has 0 aliphatic carbocycles. The van der Waals surface area contributed by atoms with Crippen LogP contribution in [0.25, 0.3) is 0 Å². The Labute approximate surface area is 398 Å². The predicted molar refractivity (Wildman–Crippen MR) is 257 cm³/mol. The third-order valence-electron chi connectivity index (χ3n) is 10.7.